The first-order valence-electron chi connectivity index (χ1n) is 6.68. The number of anilines is 1. The first kappa shape index (κ1) is 13.1. The Kier molecular flexibility index (Phi) is 3.78. The number of hydrogen-bond donors (Lipinski definition) is 2. The second kappa shape index (κ2) is 6.05. The van der Waals surface area contributed by atoms with E-state index in [4.69, 9.17) is 0 Å². The van der Waals surface area contributed by atoms with Gasteiger partial charge in [0.15, 0.2) is 0 Å². The predicted octanol–water partition coefficient (Wildman–Crippen LogP) is 3.38. The second-order valence-electron chi connectivity index (χ2n) is 4.71. The van der Waals surface area contributed by atoms with Crippen LogP contribution in [0.2, 0.25) is 0 Å². The highest BCUT2D eigenvalue weighted by Crippen LogP contribution is 2.27. The molecule has 0 saturated carbocycles. The third-order valence-electron chi connectivity index (χ3n) is 3.23. The van der Waals surface area contributed by atoms with Crippen LogP contribution in [0.1, 0.15) is 17.2 Å². The van der Waals surface area contributed by atoms with Crippen molar-refractivity contribution in [2.75, 3.05) is 5.32 Å². The normalized spacial score (nSPS) is 11.8. The van der Waals surface area contributed by atoms with Gasteiger partial charge in [-0.1, -0.05) is 42.5 Å². The van der Waals surface area contributed by atoms with Gasteiger partial charge in [-0.25, -0.2) is 9.97 Å². The molecule has 1 heterocycles. The zero-order valence-corrected chi connectivity index (χ0v) is 11.3. The average molecular weight is 277 g/mol. The molecule has 0 saturated heterocycles. The number of aromatic nitrogens is 2. The van der Waals surface area contributed by atoms with Gasteiger partial charge in [0.1, 0.15) is 12.1 Å². The van der Waals surface area contributed by atoms with Crippen LogP contribution in [0.5, 0.6) is 5.75 Å². The number of phenols is 1. The van der Waals surface area contributed by atoms with E-state index in [2.05, 4.69) is 27.4 Å². The molecule has 0 aliphatic carbocycles. The molecule has 1 aromatic heterocycles. The van der Waals surface area contributed by atoms with E-state index in [1.807, 2.05) is 30.3 Å². The zero-order valence-electron chi connectivity index (χ0n) is 11.3. The number of aromatic hydroxyl groups is 1. The van der Waals surface area contributed by atoms with Crippen molar-refractivity contribution < 1.29 is 5.11 Å². The lowest BCUT2D eigenvalue weighted by Crippen LogP contribution is -2.12. The van der Waals surface area contributed by atoms with E-state index in [1.165, 1.54) is 6.33 Å². The molecule has 2 N–H and O–H groups in total. The summed E-state index contributed by atoms with van der Waals surface area (Å²) in [6.45, 7) is 0. The van der Waals surface area contributed by atoms with Gasteiger partial charge < -0.3 is 10.4 Å². The lowest BCUT2D eigenvalue weighted by atomic mass is 9.98. The molecule has 104 valence electrons. The van der Waals surface area contributed by atoms with Crippen molar-refractivity contribution in [1.82, 2.24) is 9.97 Å². The number of nitrogens with one attached hydrogen (secondary N) is 1. The fourth-order valence-electron chi connectivity index (χ4n) is 2.21. The molecule has 0 bridgehead atoms. The van der Waals surface area contributed by atoms with Crippen molar-refractivity contribution in [2.24, 2.45) is 0 Å². The monoisotopic (exact) mass is 277 g/mol. The molecule has 0 spiro atoms. The quantitative estimate of drug-likeness (QED) is 0.767. The highest BCUT2D eigenvalue weighted by atomic mass is 16.3. The number of hydrogen-bond acceptors (Lipinski definition) is 4. The van der Waals surface area contributed by atoms with Gasteiger partial charge in [0.2, 0.25) is 0 Å². The van der Waals surface area contributed by atoms with E-state index in [-0.39, 0.29) is 11.8 Å². The summed E-state index contributed by atoms with van der Waals surface area (Å²) in [4.78, 5) is 8.05. The van der Waals surface area contributed by atoms with Crippen molar-refractivity contribution in [2.45, 2.75) is 6.04 Å². The molecule has 0 amide bonds. The Labute approximate surface area is 123 Å². The van der Waals surface area contributed by atoms with Crippen molar-refractivity contribution in [3.63, 3.8) is 0 Å². The van der Waals surface area contributed by atoms with Crippen LogP contribution in [0.3, 0.4) is 0 Å². The zero-order chi connectivity index (χ0) is 14.5. The van der Waals surface area contributed by atoms with E-state index in [0.717, 1.165) is 16.8 Å². The smallest absolute Gasteiger partial charge is 0.115 e. The molecule has 1 atom stereocenters. The summed E-state index contributed by atoms with van der Waals surface area (Å²) in [5, 5.41) is 12.9. The fraction of sp³-hybridized carbons (Fsp3) is 0.0588. The van der Waals surface area contributed by atoms with E-state index >= 15 is 0 Å². The summed E-state index contributed by atoms with van der Waals surface area (Å²) in [6.07, 6.45) is 4.98. The Morgan fingerprint density at radius 1 is 0.810 bits per heavy atom. The number of phenolic OH excluding ortho intramolecular Hbond substituents is 1. The highest BCUT2D eigenvalue weighted by molar-refractivity contribution is 5.46. The average Bonchev–Trinajstić information content (AvgIpc) is 2.55. The molecule has 4 nitrogen and oxygen atoms in total. The Hall–Kier alpha value is -2.88. The van der Waals surface area contributed by atoms with Gasteiger partial charge in [-0.2, -0.15) is 0 Å². The molecule has 21 heavy (non-hydrogen) atoms. The van der Waals surface area contributed by atoms with Crippen LogP contribution in [0, 0.1) is 0 Å². The molecule has 4 heteroatoms. The van der Waals surface area contributed by atoms with Gasteiger partial charge in [0.05, 0.1) is 24.1 Å². The Bertz CT molecular complexity index is 684. The van der Waals surface area contributed by atoms with Crippen LogP contribution in [0.15, 0.2) is 73.3 Å². The molecular weight excluding hydrogens is 262 g/mol. The maximum Gasteiger partial charge on any atom is 0.115 e. The number of rotatable bonds is 4. The standard InChI is InChI=1S/C17H15N3O/c21-16-8-6-14(7-9-16)17(13-4-2-1-3-5-13)20-15-10-18-12-19-11-15/h1-12,17,20-21H. The van der Waals surface area contributed by atoms with Crippen molar-refractivity contribution in [1.29, 1.82) is 0 Å². The maximum atomic E-state index is 9.46. The van der Waals surface area contributed by atoms with Crippen LogP contribution < -0.4 is 5.32 Å². The molecule has 3 aromatic rings. The van der Waals surface area contributed by atoms with Crippen molar-refractivity contribution in [3.05, 3.63) is 84.4 Å². The third-order valence-corrected chi connectivity index (χ3v) is 3.23. The summed E-state index contributed by atoms with van der Waals surface area (Å²) in [5.74, 6) is 0.258. The van der Waals surface area contributed by atoms with E-state index in [1.54, 1.807) is 24.5 Å². The van der Waals surface area contributed by atoms with E-state index < -0.39 is 0 Å². The van der Waals surface area contributed by atoms with Gasteiger partial charge in [-0.05, 0) is 23.3 Å². The topological polar surface area (TPSA) is 58.0 Å². The highest BCUT2D eigenvalue weighted by Gasteiger charge is 2.14. The Balaban J connectivity index is 1.97. The summed E-state index contributed by atoms with van der Waals surface area (Å²) in [5.41, 5.74) is 3.04. The van der Waals surface area contributed by atoms with Crippen LogP contribution >= 0.6 is 0 Å². The fourth-order valence-corrected chi connectivity index (χ4v) is 2.21. The number of nitrogens with zero attached hydrogens (tertiary/aromatic N) is 2. The van der Waals surface area contributed by atoms with Crippen LogP contribution in [-0.2, 0) is 0 Å². The van der Waals surface area contributed by atoms with Gasteiger partial charge in [-0.15, -0.1) is 0 Å². The van der Waals surface area contributed by atoms with Gasteiger partial charge in [0, 0.05) is 0 Å². The minimum Gasteiger partial charge on any atom is -0.508 e. The summed E-state index contributed by atoms with van der Waals surface area (Å²) < 4.78 is 0. The summed E-state index contributed by atoms with van der Waals surface area (Å²) in [7, 11) is 0. The molecule has 0 aliphatic rings. The minimum absolute atomic E-state index is 0.0298. The van der Waals surface area contributed by atoms with Crippen LogP contribution in [-0.4, -0.2) is 15.1 Å². The lowest BCUT2D eigenvalue weighted by molar-refractivity contribution is 0.475. The predicted molar refractivity (Wildman–Crippen MR) is 82.0 cm³/mol. The van der Waals surface area contributed by atoms with Crippen LogP contribution in [0.4, 0.5) is 5.69 Å². The lowest BCUT2D eigenvalue weighted by Gasteiger charge is -2.20. The van der Waals surface area contributed by atoms with E-state index in [0.29, 0.717) is 0 Å². The van der Waals surface area contributed by atoms with Gasteiger partial charge in [0.25, 0.3) is 0 Å². The van der Waals surface area contributed by atoms with Crippen LogP contribution in [0.25, 0.3) is 0 Å². The molecule has 0 fully saturated rings. The second-order valence-corrected chi connectivity index (χ2v) is 4.71. The maximum absolute atomic E-state index is 9.46. The van der Waals surface area contributed by atoms with Gasteiger partial charge >= 0.3 is 0 Å². The van der Waals surface area contributed by atoms with Crippen molar-refractivity contribution >= 4 is 5.69 Å². The molecule has 0 radical (unpaired) electrons. The molecule has 3 rings (SSSR count). The largest absolute Gasteiger partial charge is 0.508 e. The first-order chi connectivity index (χ1) is 10.3. The molecule has 1 unspecified atom stereocenters. The van der Waals surface area contributed by atoms with Gasteiger partial charge in [-0.3, -0.25) is 0 Å². The molecular formula is C17H15N3O. The van der Waals surface area contributed by atoms with E-state index in [9.17, 15) is 5.11 Å². The number of benzene rings is 2. The van der Waals surface area contributed by atoms with Crippen molar-refractivity contribution in [3.8, 4) is 5.75 Å². The third kappa shape index (κ3) is 3.17. The Morgan fingerprint density at radius 2 is 1.43 bits per heavy atom. The molecule has 0 aliphatic heterocycles. The molecule has 2 aromatic carbocycles. The summed E-state index contributed by atoms with van der Waals surface area (Å²) >= 11 is 0. The minimum atomic E-state index is -0.0298. The first-order valence-corrected chi connectivity index (χ1v) is 6.68. The summed E-state index contributed by atoms with van der Waals surface area (Å²) in [6, 6.07) is 17.3. The Morgan fingerprint density at radius 3 is 2.10 bits per heavy atom. The SMILES string of the molecule is Oc1ccc(C(Nc2cncnc2)c2ccccc2)cc1.